The molecule has 0 saturated heterocycles. The molecule has 0 unspecified atom stereocenters. The zero-order valence-corrected chi connectivity index (χ0v) is 17.7. The largest absolute Gasteiger partial charge is 0.319 e. The van der Waals surface area contributed by atoms with Gasteiger partial charge >= 0.3 is 0 Å². The molecule has 28 heavy (non-hydrogen) atoms. The number of para-hydroxylation sites is 1. The quantitative estimate of drug-likeness (QED) is 0.612. The van der Waals surface area contributed by atoms with Crippen LogP contribution >= 0.6 is 35.0 Å². The van der Waals surface area contributed by atoms with Gasteiger partial charge in [0.25, 0.3) is 5.56 Å². The Morgan fingerprint density at radius 3 is 2.36 bits per heavy atom. The minimum Gasteiger partial charge on any atom is -0.319 e. The summed E-state index contributed by atoms with van der Waals surface area (Å²) in [6.45, 7) is 1.80. The van der Waals surface area contributed by atoms with E-state index in [0.29, 0.717) is 21.5 Å². The van der Waals surface area contributed by atoms with Crippen LogP contribution in [0.5, 0.6) is 0 Å². The van der Waals surface area contributed by atoms with Gasteiger partial charge in [-0.1, -0.05) is 47.5 Å². The minimum atomic E-state index is -0.265. The lowest BCUT2D eigenvalue weighted by atomic mass is 10.2. The zero-order valence-electron chi connectivity index (χ0n) is 15.4. The first-order valence-electron chi connectivity index (χ1n) is 8.54. The van der Waals surface area contributed by atoms with Crippen LogP contribution in [0, 0.1) is 6.92 Å². The molecule has 3 aromatic rings. The van der Waals surface area contributed by atoms with E-state index < -0.39 is 0 Å². The van der Waals surface area contributed by atoms with E-state index >= 15 is 0 Å². The maximum absolute atomic E-state index is 12.8. The van der Waals surface area contributed by atoms with Crippen LogP contribution in [-0.2, 0) is 17.6 Å². The van der Waals surface area contributed by atoms with Gasteiger partial charge in [-0.2, -0.15) is 0 Å². The molecule has 1 heterocycles. The second kappa shape index (κ2) is 8.90. The lowest BCUT2D eigenvalue weighted by Crippen LogP contribution is -2.23. The Morgan fingerprint density at radius 2 is 1.71 bits per heavy atom. The number of hydrogen-bond acceptors (Lipinski definition) is 3. The standard InChI is InChI=1S/C20H19Cl2N3O2S/c1-13-19(20(27)25(24(13)2)14-7-4-3-5-8-14)23-18(26)12-28-11-15-16(21)9-6-10-17(15)22/h3-10H,11-12H2,1-2H3,(H,23,26). The van der Waals surface area contributed by atoms with E-state index in [0.717, 1.165) is 11.3 Å². The molecule has 0 fully saturated rings. The fraction of sp³-hybridized carbons (Fsp3) is 0.200. The summed E-state index contributed by atoms with van der Waals surface area (Å²) in [4.78, 5) is 25.2. The van der Waals surface area contributed by atoms with Crippen molar-refractivity contribution in [1.82, 2.24) is 9.36 Å². The van der Waals surface area contributed by atoms with Crippen molar-refractivity contribution in [2.45, 2.75) is 12.7 Å². The zero-order chi connectivity index (χ0) is 20.3. The monoisotopic (exact) mass is 435 g/mol. The Labute approximate surface area is 177 Å². The number of thioether (sulfide) groups is 1. The molecule has 0 aliphatic rings. The molecule has 146 valence electrons. The number of halogens is 2. The Kier molecular flexibility index (Phi) is 6.54. The second-order valence-electron chi connectivity index (χ2n) is 6.18. The predicted octanol–water partition coefficient (Wildman–Crippen LogP) is 4.66. The van der Waals surface area contributed by atoms with E-state index in [2.05, 4.69) is 5.32 Å². The number of nitrogens with one attached hydrogen (secondary N) is 1. The summed E-state index contributed by atoms with van der Waals surface area (Å²) in [5.74, 6) is 0.438. The molecule has 1 amide bonds. The van der Waals surface area contributed by atoms with Crippen molar-refractivity contribution in [3.05, 3.63) is 80.2 Å². The summed E-state index contributed by atoms with van der Waals surface area (Å²) in [5.41, 5.74) is 2.24. The average molecular weight is 436 g/mol. The lowest BCUT2D eigenvalue weighted by Gasteiger charge is -2.07. The Balaban J connectivity index is 1.70. The van der Waals surface area contributed by atoms with Crippen LogP contribution < -0.4 is 10.9 Å². The number of benzene rings is 2. The third-order valence-corrected chi connectivity index (χ3v) is 6.03. The van der Waals surface area contributed by atoms with E-state index in [1.165, 1.54) is 16.4 Å². The summed E-state index contributed by atoms with van der Waals surface area (Å²) >= 11 is 13.7. The Hall–Kier alpha value is -2.15. The molecule has 0 aliphatic carbocycles. The number of nitrogens with zero attached hydrogens (tertiary/aromatic N) is 2. The number of aromatic nitrogens is 2. The average Bonchev–Trinajstić information content (AvgIpc) is 2.88. The number of rotatable bonds is 6. The maximum atomic E-state index is 12.8. The van der Waals surface area contributed by atoms with E-state index in [9.17, 15) is 9.59 Å². The van der Waals surface area contributed by atoms with Crippen LogP contribution in [0.2, 0.25) is 10.0 Å². The van der Waals surface area contributed by atoms with Gasteiger partial charge in [0.2, 0.25) is 5.91 Å². The van der Waals surface area contributed by atoms with Crippen molar-refractivity contribution >= 4 is 46.6 Å². The third-order valence-electron chi connectivity index (χ3n) is 4.36. The number of carbonyl (C=O) groups excluding carboxylic acids is 1. The van der Waals surface area contributed by atoms with Gasteiger partial charge in [0.05, 0.1) is 17.1 Å². The maximum Gasteiger partial charge on any atom is 0.295 e. The van der Waals surface area contributed by atoms with Crippen molar-refractivity contribution in [3.63, 3.8) is 0 Å². The lowest BCUT2D eigenvalue weighted by molar-refractivity contribution is -0.113. The van der Waals surface area contributed by atoms with E-state index in [1.807, 2.05) is 30.3 Å². The van der Waals surface area contributed by atoms with E-state index in [-0.39, 0.29) is 22.9 Å². The molecule has 1 N–H and O–H groups in total. The SMILES string of the molecule is Cc1c(NC(=O)CSCc2c(Cl)cccc2Cl)c(=O)n(-c2ccccc2)n1C. The van der Waals surface area contributed by atoms with Crippen LogP contribution in [0.3, 0.4) is 0 Å². The van der Waals surface area contributed by atoms with Gasteiger partial charge in [-0.05, 0) is 36.8 Å². The van der Waals surface area contributed by atoms with Crippen LogP contribution in [-0.4, -0.2) is 21.0 Å². The van der Waals surface area contributed by atoms with Crippen LogP contribution in [0.1, 0.15) is 11.3 Å². The third kappa shape index (κ3) is 4.29. The second-order valence-corrected chi connectivity index (χ2v) is 7.98. The fourth-order valence-corrected chi connectivity index (χ4v) is 4.37. The highest BCUT2D eigenvalue weighted by Crippen LogP contribution is 2.28. The number of carbonyl (C=O) groups is 1. The van der Waals surface area contributed by atoms with Crippen molar-refractivity contribution in [3.8, 4) is 5.69 Å². The Bertz CT molecular complexity index is 1040. The van der Waals surface area contributed by atoms with E-state index in [1.54, 1.807) is 36.9 Å². The Morgan fingerprint density at radius 1 is 1.07 bits per heavy atom. The van der Waals surface area contributed by atoms with Gasteiger partial charge in [-0.3, -0.25) is 14.3 Å². The smallest absolute Gasteiger partial charge is 0.295 e. The van der Waals surface area contributed by atoms with E-state index in [4.69, 9.17) is 23.2 Å². The molecule has 0 spiro atoms. The van der Waals surface area contributed by atoms with Gasteiger partial charge in [0.1, 0.15) is 5.69 Å². The van der Waals surface area contributed by atoms with Gasteiger partial charge < -0.3 is 5.32 Å². The summed E-state index contributed by atoms with van der Waals surface area (Å²) in [6.07, 6.45) is 0. The first-order valence-corrected chi connectivity index (χ1v) is 10.5. The van der Waals surface area contributed by atoms with Crippen LogP contribution in [0.4, 0.5) is 5.69 Å². The highest BCUT2D eigenvalue weighted by Gasteiger charge is 2.18. The first-order chi connectivity index (χ1) is 13.4. The molecule has 0 bridgehead atoms. The molecular weight excluding hydrogens is 417 g/mol. The van der Waals surface area contributed by atoms with Gasteiger partial charge in [0, 0.05) is 22.8 Å². The fourth-order valence-electron chi connectivity index (χ4n) is 2.80. The number of anilines is 1. The van der Waals surface area contributed by atoms with Crippen molar-refractivity contribution < 1.29 is 4.79 Å². The molecule has 0 saturated carbocycles. The molecule has 0 atom stereocenters. The summed E-state index contributed by atoms with van der Waals surface area (Å²) < 4.78 is 3.26. The molecule has 1 aromatic heterocycles. The molecular formula is C20H19Cl2N3O2S. The van der Waals surface area contributed by atoms with Crippen molar-refractivity contribution in [2.75, 3.05) is 11.1 Å². The predicted molar refractivity (Wildman–Crippen MR) is 117 cm³/mol. The summed E-state index contributed by atoms with van der Waals surface area (Å²) in [7, 11) is 1.79. The van der Waals surface area contributed by atoms with Crippen LogP contribution in [0.15, 0.2) is 53.3 Å². The normalized spacial score (nSPS) is 10.9. The highest BCUT2D eigenvalue weighted by atomic mass is 35.5. The van der Waals surface area contributed by atoms with Crippen LogP contribution in [0.25, 0.3) is 5.69 Å². The molecule has 0 aliphatic heterocycles. The molecule has 3 rings (SSSR count). The van der Waals surface area contributed by atoms with Gasteiger partial charge in [-0.15, -0.1) is 11.8 Å². The topological polar surface area (TPSA) is 56.0 Å². The highest BCUT2D eigenvalue weighted by molar-refractivity contribution is 7.99. The van der Waals surface area contributed by atoms with Crippen molar-refractivity contribution in [1.29, 1.82) is 0 Å². The summed E-state index contributed by atoms with van der Waals surface area (Å²) in [5, 5.41) is 3.89. The molecule has 2 aromatic carbocycles. The molecule has 8 heteroatoms. The summed E-state index contributed by atoms with van der Waals surface area (Å²) in [6, 6.07) is 14.6. The van der Waals surface area contributed by atoms with Gasteiger partial charge in [-0.25, -0.2) is 4.68 Å². The number of hydrogen-bond donors (Lipinski definition) is 1. The number of amides is 1. The van der Waals surface area contributed by atoms with Gasteiger partial charge in [0.15, 0.2) is 0 Å². The molecule has 5 nitrogen and oxygen atoms in total. The molecule has 0 radical (unpaired) electrons. The first kappa shape index (κ1) is 20.6. The minimum absolute atomic E-state index is 0.181. The van der Waals surface area contributed by atoms with Crippen molar-refractivity contribution in [2.24, 2.45) is 7.05 Å².